The predicted octanol–water partition coefficient (Wildman–Crippen LogP) is 1.99. The van der Waals surface area contributed by atoms with Gasteiger partial charge in [0.05, 0.1) is 19.9 Å². The molecule has 1 aromatic heterocycles. The molecule has 0 unspecified atom stereocenters. The van der Waals surface area contributed by atoms with Crippen LogP contribution in [-0.4, -0.2) is 44.9 Å². The highest BCUT2D eigenvalue weighted by Crippen LogP contribution is 2.35. The van der Waals surface area contributed by atoms with Crippen molar-refractivity contribution in [2.24, 2.45) is 0 Å². The van der Waals surface area contributed by atoms with Gasteiger partial charge in [-0.05, 0) is 19.4 Å². The molecule has 1 aromatic carbocycles. The Morgan fingerprint density at radius 2 is 2.12 bits per heavy atom. The highest BCUT2D eigenvalue weighted by atomic mass is 32.2. The van der Waals surface area contributed by atoms with Crippen molar-refractivity contribution in [1.82, 2.24) is 9.97 Å². The number of rotatable bonds is 3. The number of aryl methyl sites for hydroxylation is 1. The van der Waals surface area contributed by atoms with Crippen molar-refractivity contribution in [2.75, 3.05) is 31.4 Å². The summed E-state index contributed by atoms with van der Waals surface area (Å²) in [7, 11) is -1.83. The second kappa shape index (κ2) is 6.87. The van der Waals surface area contributed by atoms with Crippen molar-refractivity contribution in [3.63, 3.8) is 0 Å². The van der Waals surface area contributed by atoms with E-state index in [1.165, 1.54) is 12.5 Å². The summed E-state index contributed by atoms with van der Waals surface area (Å²) in [5, 5.41) is 0. The van der Waals surface area contributed by atoms with E-state index in [0.717, 1.165) is 12.0 Å². The fourth-order valence-corrected chi connectivity index (χ4v) is 3.59. The first kappa shape index (κ1) is 17.5. The molecule has 0 atom stereocenters. The summed E-state index contributed by atoms with van der Waals surface area (Å²) in [6.45, 7) is 3.38. The molecule has 0 saturated heterocycles. The molecule has 0 N–H and O–H groups in total. The molecule has 134 valence electrons. The number of hydrogen-bond donors (Lipinski definition) is 0. The number of aromatic nitrogens is 2. The molecule has 0 saturated carbocycles. The number of benzene rings is 1. The lowest BCUT2D eigenvalue weighted by atomic mass is 10.1. The van der Waals surface area contributed by atoms with Crippen molar-refractivity contribution < 1.29 is 17.9 Å². The van der Waals surface area contributed by atoms with Crippen LogP contribution in [0.4, 0.5) is 5.82 Å². The number of ether oxygens (including phenoxy) is 2. The molecule has 0 bridgehead atoms. The zero-order valence-corrected chi connectivity index (χ0v) is 15.3. The highest BCUT2D eigenvalue weighted by molar-refractivity contribution is 7.90. The third-order valence-corrected chi connectivity index (χ3v) is 5.10. The van der Waals surface area contributed by atoms with Gasteiger partial charge in [-0.1, -0.05) is 12.1 Å². The van der Waals surface area contributed by atoms with Gasteiger partial charge in [0.1, 0.15) is 10.7 Å². The topological polar surface area (TPSA) is 81.6 Å². The lowest BCUT2D eigenvalue weighted by molar-refractivity contribution is 0.281. The smallest absolute Gasteiger partial charge is 0.180 e. The lowest BCUT2D eigenvalue weighted by Gasteiger charge is -2.29. The SMILES string of the molecule is COc1cccc2c1OCCCN(c1nc(C)ncc1S(C)(=O)=O)C2. The van der Waals surface area contributed by atoms with Crippen molar-refractivity contribution in [2.45, 2.75) is 24.8 Å². The largest absolute Gasteiger partial charge is 0.493 e. The molecule has 0 fully saturated rings. The van der Waals surface area contributed by atoms with Crippen LogP contribution in [0.15, 0.2) is 29.3 Å². The quantitative estimate of drug-likeness (QED) is 0.825. The second-order valence-corrected chi connectivity index (χ2v) is 7.93. The van der Waals surface area contributed by atoms with E-state index < -0.39 is 9.84 Å². The van der Waals surface area contributed by atoms with Gasteiger partial charge in [0.15, 0.2) is 27.2 Å². The van der Waals surface area contributed by atoms with Gasteiger partial charge in [0.25, 0.3) is 0 Å². The molecule has 2 aromatic rings. The monoisotopic (exact) mass is 363 g/mol. The Balaban J connectivity index is 2.08. The summed E-state index contributed by atoms with van der Waals surface area (Å²) in [6, 6.07) is 5.69. The fraction of sp³-hybridized carbons (Fsp3) is 0.412. The molecule has 25 heavy (non-hydrogen) atoms. The molecule has 0 radical (unpaired) electrons. The van der Waals surface area contributed by atoms with Gasteiger partial charge in [0, 0.05) is 24.9 Å². The van der Waals surface area contributed by atoms with Crippen molar-refractivity contribution >= 4 is 15.7 Å². The first-order valence-electron chi connectivity index (χ1n) is 7.97. The number of anilines is 1. The van der Waals surface area contributed by atoms with E-state index in [2.05, 4.69) is 9.97 Å². The minimum Gasteiger partial charge on any atom is -0.493 e. The van der Waals surface area contributed by atoms with Crippen LogP contribution in [-0.2, 0) is 16.4 Å². The molecule has 8 heteroatoms. The fourth-order valence-electron chi connectivity index (χ4n) is 2.84. The normalized spacial score (nSPS) is 14.9. The van der Waals surface area contributed by atoms with E-state index in [-0.39, 0.29) is 4.90 Å². The Labute approximate surface area is 147 Å². The molecule has 0 spiro atoms. The maximum atomic E-state index is 12.2. The van der Waals surface area contributed by atoms with Gasteiger partial charge in [-0.3, -0.25) is 0 Å². The van der Waals surface area contributed by atoms with Crippen molar-refractivity contribution in [3.8, 4) is 11.5 Å². The van der Waals surface area contributed by atoms with Crippen LogP contribution >= 0.6 is 0 Å². The van der Waals surface area contributed by atoms with E-state index in [1.807, 2.05) is 23.1 Å². The van der Waals surface area contributed by atoms with Gasteiger partial charge < -0.3 is 14.4 Å². The van der Waals surface area contributed by atoms with Crippen LogP contribution in [0.5, 0.6) is 11.5 Å². The van der Waals surface area contributed by atoms with Gasteiger partial charge in [-0.15, -0.1) is 0 Å². The van der Waals surface area contributed by atoms with E-state index in [9.17, 15) is 8.42 Å². The summed E-state index contributed by atoms with van der Waals surface area (Å²) >= 11 is 0. The van der Waals surface area contributed by atoms with Crippen LogP contribution in [0, 0.1) is 6.92 Å². The Kier molecular flexibility index (Phi) is 4.80. The molecule has 7 nitrogen and oxygen atoms in total. The van der Waals surface area contributed by atoms with E-state index >= 15 is 0 Å². The maximum Gasteiger partial charge on any atom is 0.180 e. The standard InChI is InChI=1S/C17H21N3O4S/c1-12-18-10-15(25(3,21)22)17(19-12)20-8-5-9-24-16-13(11-20)6-4-7-14(16)23-2/h4,6-7,10H,5,8-9,11H2,1-3H3. The summed E-state index contributed by atoms with van der Waals surface area (Å²) in [4.78, 5) is 10.6. The van der Waals surface area contributed by atoms with Crippen LogP contribution in [0.2, 0.25) is 0 Å². The number of sulfone groups is 1. The van der Waals surface area contributed by atoms with Crippen LogP contribution in [0.1, 0.15) is 17.8 Å². The van der Waals surface area contributed by atoms with Crippen LogP contribution in [0.3, 0.4) is 0 Å². The van der Waals surface area contributed by atoms with Gasteiger partial charge >= 0.3 is 0 Å². The summed E-state index contributed by atoms with van der Waals surface area (Å²) < 4.78 is 35.5. The maximum absolute atomic E-state index is 12.2. The molecule has 2 heterocycles. The Morgan fingerprint density at radius 1 is 1.32 bits per heavy atom. The third-order valence-electron chi connectivity index (χ3n) is 4.02. The summed E-state index contributed by atoms with van der Waals surface area (Å²) in [5.41, 5.74) is 0.926. The van der Waals surface area contributed by atoms with E-state index in [0.29, 0.717) is 42.8 Å². The Bertz CT molecular complexity index is 883. The Hall–Kier alpha value is -2.35. The highest BCUT2D eigenvalue weighted by Gasteiger charge is 2.24. The first-order chi connectivity index (χ1) is 11.9. The molecular weight excluding hydrogens is 342 g/mol. The lowest BCUT2D eigenvalue weighted by Crippen LogP contribution is -2.30. The van der Waals surface area contributed by atoms with E-state index in [1.54, 1.807) is 14.0 Å². The number of methoxy groups -OCH3 is 1. The van der Waals surface area contributed by atoms with Crippen molar-refractivity contribution in [3.05, 3.63) is 35.8 Å². The van der Waals surface area contributed by atoms with Crippen LogP contribution in [0.25, 0.3) is 0 Å². The number of fused-ring (bicyclic) bond motifs is 1. The van der Waals surface area contributed by atoms with Gasteiger partial charge in [-0.2, -0.15) is 0 Å². The minimum atomic E-state index is -3.43. The molecule has 0 amide bonds. The summed E-state index contributed by atoms with van der Waals surface area (Å²) in [6.07, 6.45) is 3.30. The van der Waals surface area contributed by atoms with E-state index in [4.69, 9.17) is 9.47 Å². The predicted molar refractivity (Wildman–Crippen MR) is 94.0 cm³/mol. The van der Waals surface area contributed by atoms with Gasteiger partial charge in [0.2, 0.25) is 0 Å². The Morgan fingerprint density at radius 3 is 2.84 bits per heavy atom. The number of nitrogens with zero attached hydrogens (tertiary/aromatic N) is 3. The average Bonchev–Trinajstić information content (AvgIpc) is 2.53. The average molecular weight is 363 g/mol. The molecule has 1 aliphatic rings. The zero-order chi connectivity index (χ0) is 18.0. The molecule has 3 rings (SSSR count). The van der Waals surface area contributed by atoms with Crippen molar-refractivity contribution in [1.29, 1.82) is 0 Å². The summed E-state index contributed by atoms with van der Waals surface area (Å²) in [5.74, 6) is 2.33. The number of para-hydroxylation sites is 1. The van der Waals surface area contributed by atoms with Crippen LogP contribution < -0.4 is 14.4 Å². The zero-order valence-electron chi connectivity index (χ0n) is 14.5. The molecule has 0 aliphatic carbocycles. The first-order valence-corrected chi connectivity index (χ1v) is 9.86. The third kappa shape index (κ3) is 3.68. The number of hydrogen-bond acceptors (Lipinski definition) is 7. The molecular formula is C17H21N3O4S. The molecule has 1 aliphatic heterocycles. The van der Waals surface area contributed by atoms with Gasteiger partial charge in [-0.25, -0.2) is 18.4 Å². The second-order valence-electron chi connectivity index (χ2n) is 5.95. The minimum absolute atomic E-state index is 0.143.